The fourth-order valence-corrected chi connectivity index (χ4v) is 7.86. The van der Waals surface area contributed by atoms with Crippen molar-refractivity contribution in [1.29, 1.82) is 0 Å². The van der Waals surface area contributed by atoms with E-state index < -0.39 is 32.5 Å². The normalized spacial score (nSPS) is 14.4. The Labute approximate surface area is 465 Å². The van der Waals surface area contributed by atoms with Crippen LogP contribution in [0.15, 0.2) is 158 Å². The summed E-state index contributed by atoms with van der Waals surface area (Å²) >= 11 is 0. The quantitative estimate of drug-likeness (QED) is 0.0211. The lowest BCUT2D eigenvalue weighted by atomic mass is 10.1. The number of unbranched alkanes of at least 4 members (excludes halogenated alkanes) is 11. The lowest BCUT2D eigenvalue weighted by Crippen LogP contribution is -2.37. The molecule has 0 aliphatic heterocycles. The van der Waals surface area contributed by atoms with Crippen molar-refractivity contribution in [3.05, 3.63) is 158 Å². The molecule has 2 unspecified atom stereocenters. The van der Waals surface area contributed by atoms with Crippen molar-refractivity contribution >= 4 is 19.8 Å². The maximum Gasteiger partial charge on any atom is 0.472 e. The number of quaternary nitrogens is 1. The summed E-state index contributed by atoms with van der Waals surface area (Å²) in [6.07, 6.45) is 83.1. The monoisotopic (exact) mass is 1070 g/mol. The Kier molecular flexibility index (Phi) is 52.2. The molecule has 1 N–H and O–H groups in total. The van der Waals surface area contributed by atoms with E-state index in [1.165, 1.54) is 0 Å². The van der Waals surface area contributed by atoms with E-state index in [1.807, 2.05) is 21.1 Å². The van der Waals surface area contributed by atoms with E-state index in [0.717, 1.165) is 154 Å². The maximum absolute atomic E-state index is 12.8. The molecule has 0 aromatic heterocycles. The minimum Gasteiger partial charge on any atom is -0.462 e. The number of hydrogen-bond acceptors (Lipinski definition) is 7. The molecule has 0 heterocycles. The molecule has 0 rings (SSSR count). The second-order valence-electron chi connectivity index (χ2n) is 19.9. The molecule has 0 spiro atoms. The molecule has 0 amide bonds. The van der Waals surface area contributed by atoms with Gasteiger partial charge in [0.1, 0.15) is 19.8 Å². The lowest BCUT2D eigenvalue weighted by molar-refractivity contribution is -0.870. The average Bonchev–Trinajstić information content (AvgIpc) is 3.38. The average molecular weight is 1070 g/mol. The Balaban J connectivity index is 4.28. The van der Waals surface area contributed by atoms with Crippen LogP contribution in [-0.2, 0) is 32.7 Å². The Hall–Kier alpha value is -4.37. The minimum atomic E-state index is -4.41. The predicted octanol–water partition coefficient (Wildman–Crippen LogP) is 18.5. The fourth-order valence-electron chi connectivity index (χ4n) is 7.11. The van der Waals surface area contributed by atoms with Crippen LogP contribution in [0, 0.1) is 0 Å². The highest BCUT2D eigenvalue weighted by molar-refractivity contribution is 7.47. The first-order chi connectivity index (χ1) is 37.0. The number of allylic oxidation sites excluding steroid dienone is 26. The zero-order valence-electron chi connectivity index (χ0n) is 48.4. The number of phosphoric ester groups is 1. The molecular formula is C66H107NO8P+. The van der Waals surface area contributed by atoms with Crippen LogP contribution in [0.25, 0.3) is 0 Å². The summed E-state index contributed by atoms with van der Waals surface area (Å²) in [6.45, 7) is 4.13. The molecule has 428 valence electrons. The minimum absolute atomic E-state index is 0.0153. The van der Waals surface area contributed by atoms with Gasteiger partial charge >= 0.3 is 19.8 Å². The molecule has 0 aliphatic carbocycles. The number of rotatable bonds is 51. The molecule has 0 saturated carbocycles. The lowest BCUT2D eigenvalue weighted by Gasteiger charge is -2.24. The SMILES string of the molecule is CC/C=C\C/C=C\C/C=C\C/C=C\C/C=C\C/C=C\C/C=C\C/C=C\C/C=C\CCCCCCCC(=O)OC(COC(=O)CCCCCCCC/C=C\C/C=C\C/C=C\C/C=C\CC)COP(=O)(O)OCC[N+](C)(C)C. The standard InChI is InChI=1S/C66H106NO8P/c1-6-8-10-12-14-16-18-20-22-24-26-27-28-29-30-31-32-33-34-35-36-37-38-39-41-43-45-47-49-51-53-55-57-59-66(69)75-64(63-74-76(70,71)73-61-60-67(3,4)5)62-72-65(68)58-56-54-52-50-48-46-44-42-40-25-23-21-19-17-15-13-11-9-7-2/h8-11,14-17,20-23,26-27,29-30,32-33,35-36,38-40,42-43,45,64H,6-7,12-13,18-19,24-25,28,31,34,37,41,44,46-63H2,1-5H3/p+1/b10-8-,11-9-,16-14-,17-15-,22-20-,23-21-,27-26-,30-29-,33-32-,36-35-,39-38-,42-40-,45-43-. The van der Waals surface area contributed by atoms with Crippen LogP contribution < -0.4 is 0 Å². The van der Waals surface area contributed by atoms with Gasteiger partial charge in [-0.1, -0.05) is 217 Å². The molecular weight excluding hydrogens is 966 g/mol. The van der Waals surface area contributed by atoms with Gasteiger partial charge < -0.3 is 18.9 Å². The topological polar surface area (TPSA) is 108 Å². The van der Waals surface area contributed by atoms with Crippen molar-refractivity contribution in [3.63, 3.8) is 0 Å². The zero-order chi connectivity index (χ0) is 55.6. The Bertz CT molecular complexity index is 1840. The molecule has 9 nitrogen and oxygen atoms in total. The summed E-state index contributed by atoms with van der Waals surface area (Å²) in [5, 5.41) is 0. The van der Waals surface area contributed by atoms with Crippen LogP contribution in [-0.4, -0.2) is 74.9 Å². The molecule has 0 aromatic rings. The summed E-state index contributed by atoms with van der Waals surface area (Å²) in [7, 11) is 1.43. The molecule has 0 fully saturated rings. The second kappa shape index (κ2) is 55.4. The van der Waals surface area contributed by atoms with Crippen LogP contribution in [0.2, 0.25) is 0 Å². The first-order valence-electron chi connectivity index (χ1n) is 29.2. The van der Waals surface area contributed by atoms with Gasteiger partial charge in [0.25, 0.3) is 0 Å². The van der Waals surface area contributed by atoms with Crippen molar-refractivity contribution in [1.82, 2.24) is 0 Å². The summed E-state index contributed by atoms with van der Waals surface area (Å²) in [5.74, 6) is -0.851. The number of phosphoric acid groups is 1. The highest BCUT2D eigenvalue weighted by Crippen LogP contribution is 2.43. The fraction of sp³-hybridized carbons (Fsp3) is 0.576. The van der Waals surface area contributed by atoms with Gasteiger partial charge in [-0.3, -0.25) is 18.6 Å². The van der Waals surface area contributed by atoms with Gasteiger partial charge in [-0.2, -0.15) is 0 Å². The van der Waals surface area contributed by atoms with E-state index in [2.05, 4.69) is 172 Å². The molecule has 0 aromatic carbocycles. The number of nitrogens with zero attached hydrogens (tertiary/aromatic N) is 1. The van der Waals surface area contributed by atoms with Gasteiger partial charge in [0, 0.05) is 12.8 Å². The maximum atomic E-state index is 12.8. The highest BCUT2D eigenvalue weighted by Gasteiger charge is 2.27. The van der Waals surface area contributed by atoms with Crippen LogP contribution >= 0.6 is 7.82 Å². The smallest absolute Gasteiger partial charge is 0.462 e. The number of likely N-dealkylation sites (N-methyl/N-ethyl adjacent to an activating group) is 1. The molecule has 76 heavy (non-hydrogen) atoms. The molecule has 0 aliphatic rings. The highest BCUT2D eigenvalue weighted by atomic mass is 31.2. The van der Waals surface area contributed by atoms with Crippen molar-refractivity contribution in [2.24, 2.45) is 0 Å². The first-order valence-corrected chi connectivity index (χ1v) is 30.7. The Morgan fingerprint density at radius 1 is 0.408 bits per heavy atom. The number of carbonyl (C=O) groups excluding carboxylic acids is 2. The van der Waals surface area contributed by atoms with Gasteiger partial charge in [0.05, 0.1) is 27.7 Å². The molecule has 0 radical (unpaired) electrons. The third-order valence-electron chi connectivity index (χ3n) is 11.6. The molecule has 10 heteroatoms. The van der Waals surface area contributed by atoms with Crippen molar-refractivity contribution in [3.8, 4) is 0 Å². The number of esters is 2. The molecule has 2 atom stereocenters. The van der Waals surface area contributed by atoms with Gasteiger partial charge in [-0.15, -0.1) is 0 Å². The predicted molar refractivity (Wildman–Crippen MR) is 325 cm³/mol. The number of carbonyl (C=O) groups is 2. The summed E-state index contributed by atoms with van der Waals surface area (Å²) in [4.78, 5) is 35.7. The third kappa shape index (κ3) is 58.9. The summed E-state index contributed by atoms with van der Waals surface area (Å²) < 4.78 is 34.5. The van der Waals surface area contributed by atoms with Gasteiger partial charge in [0.2, 0.25) is 0 Å². The van der Waals surface area contributed by atoms with Crippen molar-refractivity contribution in [2.45, 2.75) is 200 Å². The van der Waals surface area contributed by atoms with Crippen molar-refractivity contribution < 1.29 is 42.1 Å². The molecule has 0 saturated heterocycles. The second-order valence-corrected chi connectivity index (χ2v) is 21.4. The van der Waals surface area contributed by atoms with E-state index >= 15 is 0 Å². The molecule has 0 bridgehead atoms. The first kappa shape index (κ1) is 71.6. The zero-order valence-corrected chi connectivity index (χ0v) is 49.3. The number of hydrogen-bond donors (Lipinski definition) is 1. The Morgan fingerprint density at radius 2 is 0.711 bits per heavy atom. The van der Waals surface area contributed by atoms with Crippen LogP contribution in [0.1, 0.15) is 194 Å². The van der Waals surface area contributed by atoms with E-state index in [0.29, 0.717) is 23.9 Å². The van der Waals surface area contributed by atoms with Crippen molar-refractivity contribution in [2.75, 3.05) is 47.5 Å². The third-order valence-corrected chi connectivity index (χ3v) is 12.5. The van der Waals surface area contributed by atoms with Crippen LogP contribution in [0.4, 0.5) is 0 Å². The van der Waals surface area contributed by atoms with Crippen LogP contribution in [0.5, 0.6) is 0 Å². The van der Waals surface area contributed by atoms with Gasteiger partial charge in [-0.25, -0.2) is 4.57 Å². The van der Waals surface area contributed by atoms with E-state index in [4.69, 9.17) is 18.5 Å². The number of ether oxygens (including phenoxy) is 2. The van der Waals surface area contributed by atoms with E-state index in [9.17, 15) is 19.0 Å². The van der Waals surface area contributed by atoms with Gasteiger partial charge in [-0.05, 0) is 122 Å². The summed E-state index contributed by atoms with van der Waals surface area (Å²) in [6, 6.07) is 0. The van der Waals surface area contributed by atoms with Crippen LogP contribution in [0.3, 0.4) is 0 Å². The Morgan fingerprint density at radius 3 is 1.05 bits per heavy atom. The summed E-state index contributed by atoms with van der Waals surface area (Å²) in [5.41, 5.74) is 0. The van der Waals surface area contributed by atoms with E-state index in [1.54, 1.807) is 0 Å². The van der Waals surface area contributed by atoms with E-state index in [-0.39, 0.29) is 26.1 Å². The van der Waals surface area contributed by atoms with Gasteiger partial charge in [0.15, 0.2) is 6.10 Å². The largest absolute Gasteiger partial charge is 0.472 e.